The highest BCUT2D eigenvalue weighted by molar-refractivity contribution is 8.11. The minimum absolute atomic E-state index is 0.300. The van der Waals surface area contributed by atoms with E-state index in [-0.39, 0.29) is 5.91 Å². The van der Waals surface area contributed by atoms with Gasteiger partial charge in [-0.1, -0.05) is 37.9 Å². The summed E-state index contributed by atoms with van der Waals surface area (Å²) in [7, 11) is 0. The molecule has 0 radical (unpaired) electrons. The summed E-state index contributed by atoms with van der Waals surface area (Å²) in [6.07, 6.45) is 6.84. The van der Waals surface area contributed by atoms with E-state index in [4.69, 9.17) is 17.4 Å². The molecular formula is C10H20N2O2S2. The molecule has 0 aliphatic carbocycles. The Bertz CT molecular complexity index is 213. The number of rotatable bonds is 9. The lowest BCUT2D eigenvalue weighted by Crippen LogP contribution is -2.17. The first kappa shape index (κ1) is 15.7. The van der Waals surface area contributed by atoms with Crippen LogP contribution in [-0.4, -0.2) is 22.0 Å². The van der Waals surface area contributed by atoms with Crippen LogP contribution in [0.25, 0.3) is 0 Å². The molecule has 16 heavy (non-hydrogen) atoms. The van der Waals surface area contributed by atoms with Gasteiger partial charge in [-0.05, 0) is 12.8 Å². The normalized spacial score (nSPS) is 9.88. The third-order valence-electron chi connectivity index (χ3n) is 2.23. The monoisotopic (exact) mass is 264 g/mol. The second-order valence-corrected chi connectivity index (χ2v) is 4.80. The van der Waals surface area contributed by atoms with Crippen LogP contribution in [-0.2, 0) is 4.79 Å². The molecule has 94 valence electrons. The molecule has 0 atom stereocenters. The van der Waals surface area contributed by atoms with Crippen molar-refractivity contribution in [3.8, 4) is 0 Å². The number of hydrogen-bond donors (Lipinski definition) is 4. The molecule has 0 aliphatic heterocycles. The first-order chi connectivity index (χ1) is 7.66. The Morgan fingerprint density at radius 2 is 1.69 bits per heavy atom. The van der Waals surface area contributed by atoms with E-state index in [0.29, 0.717) is 10.7 Å². The number of thiol groups is 1. The fourth-order valence-corrected chi connectivity index (χ4v) is 1.58. The number of hydroxylamine groups is 1. The summed E-state index contributed by atoms with van der Waals surface area (Å²) in [6, 6.07) is 0. The van der Waals surface area contributed by atoms with Gasteiger partial charge in [0.1, 0.15) is 4.32 Å². The van der Waals surface area contributed by atoms with Crippen LogP contribution >= 0.6 is 24.8 Å². The van der Waals surface area contributed by atoms with E-state index >= 15 is 0 Å². The highest BCUT2D eigenvalue weighted by atomic mass is 32.1. The molecule has 3 N–H and O–H groups in total. The Morgan fingerprint density at radius 1 is 1.12 bits per heavy atom. The molecule has 0 spiro atoms. The molecule has 0 heterocycles. The van der Waals surface area contributed by atoms with Crippen molar-refractivity contribution in [3.05, 3.63) is 0 Å². The van der Waals surface area contributed by atoms with Gasteiger partial charge in [-0.15, -0.1) is 12.6 Å². The van der Waals surface area contributed by atoms with Crippen molar-refractivity contribution in [2.75, 3.05) is 6.54 Å². The first-order valence-corrected chi connectivity index (χ1v) is 6.42. The SMILES string of the molecule is O=C(CCCCCCCCNC(=S)S)NO. The lowest BCUT2D eigenvalue weighted by molar-refractivity contribution is -0.129. The summed E-state index contributed by atoms with van der Waals surface area (Å²) in [5.74, 6) is -0.300. The third kappa shape index (κ3) is 11.7. The van der Waals surface area contributed by atoms with Crippen LogP contribution in [0.5, 0.6) is 0 Å². The maximum absolute atomic E-state index is 10.7. The minimum Gasteiger partial charge on any atom is -0.371 e. The largest absolute Gasteiger partial charge is 0.371 e. The predicted octanol–water partition coefficient (Wildman–Crippen LogP) is 2.03. The van der Waals surface area contributed by atoms with Crippen molar-refractivity contribution in [2.45, 2.75) is 44.9 Å². The molecule has 0 fully saturated rings. The Labute approximate surface area is 108 Å². The van der Waals surface area contributed by atoms with E-state index in [9.17, 15) is 4.79 Å². The lowest BCUT2D eigenvalue weighted by atomic mass is 10.1. The average Bonchev–Trinajstić information content (AvgIpc) is 2.26. The van der Waals surface area contributed by atoms with E-state index in [1.807, 2.05) is 0 Å². The molecule has 0 saturated carbocycles. The number of carbonyl (C=O) groups is 1. The number of thiocarbonyl (C=S) groups is 1. The number of unbranched alkanes of at least 4 members (excludes halogenated alkanes) is 5. The smallest absolute Gasteiger partial charge is 0.243 e. The molecular weight excluding hydrogens is 244 g/mol. The van der Waals surface area contributed by atoms with Gasteiger partial charge < -0.3 is 5.32 Å². The van der Waals surface area contributed by atoms with E-state index < -0.39 is 0 Å². The fraction of sp³-hybridized carbons (Fsp3) is 0.800. The maximum Gasteiger partial charge on any atom is 0.243 e. The molecule has 1 amide bonds. The van der Waals surface area contributed by atoms with Crippen molar-refractivity contribution in [2.24, 2.45) is 0 Å². The van der Waals surface area contributed by atoms with Crippen molar-refractivity contribution < 1.29 is 10.0 Å². The molecule has 0 aromatic rings. The zero-order valence-electron chi connectivity index (χ0n) is 9.37. The Hall–Kier alpha value is -0.330. The van der Waals surface area contributed by atoms with Gasteiger partial charge in [0.2, 0.25) is 5.91 Å². The van der Waals surface area contributed by atoms with Gasteiger partial charge >= 0.3 is 0 Å². The van der Waals surface area contributed by atoms with E-state index in [2.05, 4.69) is 17.9 Å². The molecule has 0 aromatic heterocycles. The number of nitrogens with one attached hydrogen (secondary N) is 2. The standard InChI is InChI=1S/C10H20N2O2S2/c13-9(12-14)7-5-3-1-2-4-6-8-11-10(15)16/h14H,1-8H2,(H,12,13)(H2,11,15,16). The van der Waals surface area contributed by atoms with Crippen LogP contribution in [0.15, 0.2) is 0 Å². The second kappa shape index (κ2) is 11.2. The van der Waals surface area contributed by atoms with Crippen molar-refractivity contribution >= 4 is 35.1 Å². The average molecular weight is 264 g/mol. The quantitative estimate of drug-likeness (QED) is 0.169. The lowest BCUT2D eigenvalue weighted by Gasteiger charge is -2.03. The van der Waals surface area contributed by atoms with Crippen LogP contribution in [0.2, 0.25) is 0 Å². The van der Waals surface area contributed by atoms with Gasteiger partial charge in [-0.25, -0.2) is 5.48 Å². The zero-order chi connectivity index (χ0) is 12.2. The molecule has 6 heteroatoms. The first-order valence-electron chi connectivity index (χ1n) is 5.56. The highest BCUT2D eigenvalue weighted by Crippen LogP contribution is 2.06. The van der Waals surface area contributed by atoms with Crippen LogP contribution < -0.4 is 10.8 Å². The Kier molecular flexibility index (Phi) is 10.9. The second-order valence-electron chi connectivity index (χ2n) is 3.64. The molecule has 4 nitrogen and oxygen atoms in total. The Balaban J connectivity index is 3.04. The minimum atomic E-state index is -0.300. The zero-order valence-corrected chi connectivity index (χ0v) is 11.1. The summed E-state index contributed by atoms with van der Waals surface area (Å²) < 4.78 is 0.551. The number of carbonyl (C=O) groups excluding carboxylic acids is 1. The number of hydrogen-bond acceptors (Lipinski definition) is 3. The molecule has 0 bridgehead atoms. The summed E-state index contributed by atoms with van der Waals surface area (Å²) in [4.78, 5) is 10.7. The van der Waals surface area contributed by atoms with Gasteiger partial charge in [-0.3, -0.25) is 10.0 Å². The fourth-order valence-electron chi connectivity index (χ4n) is 1.37. The van der Waals surface area contributed by atoms with Crippen LogP contribution in [0, 0.1) is 0 Å². The van der Waals surface area contributed by atoms with Gasteiger partial charge in [0.25, 0.3) is 0 Å². The van der Waals surface area contributed by atoms with Crippen LogP contribution in [0.4, 0.5) is 0 Å². The third-order valence-corrected chi connectivity index (χ3v) is 2.53. The van der Waals surface area contributed by atoms with Crippen molar-refractivity contribution in [1.82, 2.24) is 10.8 Å². The van der Waals surface area contributed by atoms with Crippen molar-refractivity contribution in [1.29, 1.82) is 0 Å². The van der Waals surface area contributed by atoms with E-state index in [0.717, 1.165) is 38.6 Å². The molecule has 0 saturated heterocycles. The maximum atomic E-state index is 10.7. The van der Waals surface area contributed by atoms with Gasteiger partial charge in [0, 0.05) is 13.0 Å². The van der Waals surface area contributed by atoms with Crippen LogP contribution in [0.3, 0.4) is 0 Å². The molecule has 0 aliphatic rings. The molecule has 0 rings (SSSR count). The molecule has 0 aromatic carbocycles. The summed E-state index contributed by atoms with van der Waals surface area (Å²) in [5.41, 5.74) is 1.63. The molecule has 0 unspecified atom stereocenters. The summed E-state index contributed by atoms with van der Waals surface area (Å²) >= 11 is 8.72. The summed E-state index contributed by atoms with van der Waals surface area (Å²) in [5, 5.41) is 11.2. The Morgan fingerprint density at radius 3 is 2.25 bits per heavy atom. The van der Waals surface area contributed by atoms with Gasteiger partial charge in [-0.2, -0.15) is 0 Å². The van der Waals surface area contributed by atoms with E-state index in [1.54, 1.807) is 5.48 Å². The topological polar surface area (TPSA) is 61.4 Å². The predicted molar refractivity (Wildman–Crippen MR) is 71.8 cm³/mol. The van der Waals surface area contributed by atoms with Crippen LogP contribution in [0.1, 0.15) is 44.9 Å². The van der Waals surface area contributed by atoms with Gasteiger partial charge in [0.15, 0.2) is 0 Å². The van der Waals surface area contributed by atoms with E-state index in [1.165, 1.54) is 6.42 Å². The van der Waals surface area contributed by atoms with Crippen molar-refractivity contribution in [3.63, 3.8) is 0 Å². The summed E-state index contributed by atoms with van der Waals surface area (Å²) in [6.45, 7) is 0.884. The number of amides is 1. The van der Waals surface area contributed by atoms with Gasteiger partial charge in [0.05, 0.1) is 0 Å². The highest BCUT2D eigenvalue weighted by Gasteiger charge is 1.98.